The number of carbonyl (C=O) groups excluding carboxylic acids is 2. The molecule has 1 saturated heterocycles. The van der Waals surface area contributed by atoms with Crippen LogP contribution in [0.4, 0.5) is 11.4 Å². The Hall–Kier alpha value is -4.40. The molecule has 192 valence electrons. The van der Waals surface area contributed by atoms with Gasteiger partial charge in [0.25, 0.3) is 5.91 Å². The standard InChI is InChI=1S/C28H30N4O5/c1-17(2)20-7-5-6-8-21(20)28(15-32(16-28)19-11-9-18(10-12-19)26(34)35)27(36)30-22-13-14-23(37-4)31-24(22)25(33)29-3/h5-14,17H,15-16H2,1-4H3,(H,29,33)(H,30,36)(H,34,35). The fourth-order valence-corrected chi connectivity index (χ4v) is 4.66. The summed E-state index contributed by atoms with van der Waals surface area (Å²) in [7, 11) is 2.95. The summed E-state index contributed by atoms with van der Waals surface area (Å²) < 4.78 is 5.16. The number of ether oxygens (including phenoxy) is 1. The minimum atomic E-state index is -0.991. The highest BCUT2D eigenvalue weighted by Gasteiger charge is 2.52. The van der Waals surface area contributed by atoms with Gasteiger partial charge in [-0.1, -0.05) is 38.1 Å². The zero-order chi connectivity index (χ0) is 26.7. The van der Waals surface area contributed by atoms with Gasteiger partial charge in [-0.05, 0) is 47.4 Å². The van der Waals surface area contributed by atoms with Crippen molar-refractivity contribution in [2.24, 2.45) is 0 Å². The van der Waals surface area contributed by atoms with Gasteiger partial charge >= 0.3 is 5.97 Å². The molecule has 9 nitrogen and oxygen atoms in total. The molecule has 0 radical (unpaired) electrons. The van der Waals surface area contributed by atoms with Gasteiger partial charge in [-0.25, -0.2) is 9.78 Å². The van der Waals surface area contributed by atoms with E-state index in [2.05, 4.69) is 29.5 Å². The monoisotopic (exact) mass is 502 g/mol. The lowest BCUT2D eigenvalue weighted by Crippen LogP contribution is -2.65. The Morgan fingerprint density at radius 1 is 1.03 bits per heavy atom. The lowest BCUT2D eigenvalue weighted by Gasteiger charge is -2.51. The molecule has 0 aliphatic carbocycles. The number of anilines is 2. The topological polar surface area (TPSA) is 121 Å². The molecule has 0 unspecified atom stereocenters. The molecule has 3 N–H and O–H groups in total. The SMILES string of the molecule is CNC(=O)c1nc(OC)ccc1NC(=O)C1(c2ccccc2C(C)C)CN(c2ccc(C(=O)O)cc2)C1. The minimum Gasteiger partial charge on any atom is -0.481 e. The van der Waals surface area contributed by atoms with Crippen molar-refractivity contribution in [3.63, 3.8) is 0 Å². The van der Waals surface area contributed by atoms with Gasteiger partial charge in [-0.3, -0.25) is 9.59 Å². The van der Waals surface area contributed by atoms with Crippen LogP contribution in [0, 0.1) is 0 Å². The average Bonchev–Trinajstić information content (AvgIpc) is 2.88. The van der Waals surface area contributed by atoms with Gasteiger partial charge in [0.2, 0.25) is 11.8 Å². The van der Waals surface area contributed by atoms with E-state index in [0.717, 1.165) is 16.8 Å². The van der Waals surface area contributed by atoms with Crippen molar-refractivity contribution < 1.29 is 24.2 Å². The summed E-state index contributed by atoms with van der Waals surface area (Å²) in [5.74, 6) is -1.24. The molecular formula is C28H30N4O5. The lowest BCUT2D eigenvalue weighted by atomic mass is 9.69. The third kappa shape index (κ3) is 4.84. The van der Waals surface area contributed by atoms with Crippen LogP contribution in [0.25, 0.3) is 0 Å². The number of aromatic nitrogens is 1. The van der Waals surface area contributed by atoms with Gasteiger partial charge in [0.05, 0.1) is 18.4 Å². The van der Waals surface area contributed by atoms with E-state index in [1.807, 2.05) is 29.2 Å². The molecule has 1 aromatic heterocycles. The van der Waals surface area contributed by atoms with Gasteiger partial charge < -0.3 is 25.4 Å². The third-order valence-electron chi connectivity index (χ3n) is 6.70. The second-order valence-electron chi connectivity index (χ2n) is 9.32. The normalized spacial score (nSPS) is 14.0. The number of amides is 2. The predicted molar refractivity (Wildman–Crippen MR) is 141 cm³/mol. The summed E-state index contributed by atoms with van der Waals surface area (Å²) in [5, 5.41) is 14.7. The summed E-state index contributed by atoms with van der Waals surface area (Å²) >= 11 is 0. The average molecular weight is 503 g/mol. The predicted octanol–water partition coefficient (Wildman–Crippen LogP) is 3.67. The number of carboxylic acid groups (broad SMARTS) is 1. The number of carboxylic acids is 1. The van der Waals surface area contributed by atoms with E-state index in [1.54, 1.807) is 36.4 Å². The van der Waals surface area contributed by atoms with Crippen LogP contribution >= 0.6 is 0 Å². The molecule has 0 bridgehead atoms. The second-order valence-corrected chi connectivity index (χ2v) is 9.32. The summed E-state index contributed by atoms with van der Waals surface area (Å²) in [6.07, 6.45) is 0. The molecule has 1 aliphatic heterocycles. The summed E-state index contributed by atoms with van der Waals surface area (Å²) in [5.41, 5.74) is 2.46. The first kappa shape index (κ1) is 25.7. The van der Waals surface area contributed by atoms with Crippen molar-refractivity contribution in [1.82, 2.24) is 10.3 Å². The molecule has 0 atom stereocenters. The zero-order valence-electron chi connectivity index (χ0n) is 21.2. The quantitative estimate of drug-likeness (QED) is 0.430. The Balaban J connectivity index is 1.71. The maximum atomic E-state index is 14.0. The Bertz CT molecular complexity index is 1330. The van der Waals surface area contributed by atoms with E-state index in [9.17, 15) is 19.5 Å². The van der Waals surface area contributed by atoms with Crippen LogP contribution in [0.5, 0.6) is 5.88 Å². The second kappa shape index (κ2) is 10.3. The molecule has 4 rings (SSSR count). The van der Waals surface area contributed by atoms with Crippen LogP contribution in [-0.4, -0.2) is 55.1 Å². The van der Waals surface area contributed by atoms with Gasteiger partial charge in [-0.15, -0.1) is 0 Å². The number of hydrogen-bond donors (Lipinski definition) is 3. The number of carbonyl (C=O) groups is 3. The maximum Gasteiger partial charge on any atom is 0.335 e. The van der Waals surface area contributed by atoms with E-state index < -0.39 is 17.3 Å². The largest absolute Gasteiger partial charge is 0.481 e. The molecule has 1 fully saturated rings. The van der Waals surface area contributed by atoms with Crippen LogP contribution in [0.3, 0.4) is 0 Å². The van der Waals surface area contributed by atoms with Crippen LogP contribution in [-0.2, 0) is 10.2 Å². The number of aromatic carboxylic acids is 1. The zero-order valence-corrected chi connectivity index (χ0v) is 21.2. The Morgan fingerprint density at radius 2 is 1.70 bits per heavy atom. The highest BCUT2D eigenvalue weighted by molar-refractivity contribution is 6.06. The summed E-state index contributed by atoms with van der Waals surface area (Å²) in [4.78, 5) is 44.1. The van der Waals surface area contributed by atoms with Crippen molar-refractivity contribution in [3.05, 3.63) is 83.0 Å². The Kier molecular flexibility index (Phi) is 7.15. The molecule has 2 heterocycles. The molecule has 2 aromatic carbocycles. The highest BCUT2D eigenvalue weighted by atomic mass is 16.5. The molecule has 0 saturated carbocycles. The van der Waals surface area contributed by atoms with Crippen LogP contribution < -0.4 is 20.3 Å². The van der Waals surface area contributed by atoms with Crippen LogP contribution in [0.15, 0.2) is 60.7 Å². The van der Waals surface area contributed by atoms with Crippen molar-refractivity contribution >= 4 is 29.2 Å². The number of nitrogens with one attached hydrogen (secondary N) is 2. The fraction of sp³-hybridized carbons (Fsp3) is 0.286. The van der Waals surface area contributed by atoms with E-state index in [1.165, 1.54) is 14.2 Å². The summed E-state index contributed by atoms with van der Waals surface area (Å²) in [6.45, 7) is 4.94. The van der Waals surface area contributed by atoms with Crippen molar-refractivity contribution in [3.8, 4) is 5.88 Å². The minimum absolute atomic E-state index is 0.0583. The molecular weight excluding hydrogens is 472 g/mol. The Morgan fingerprint density at radius 3 is 2.30 bits per heavy atom. The van der Waals surface area contributed by atoms with Crippen LogP contribution in [0.2, 0.25) is 0 Å². The highest BCUT2D eigenvalue weighted by Crippen LogP contribution is 2.42. The van der Waals surface area contributed by atoms with Crippen LogP contribution in [0.1, 0.15) is 51.7 Å². The molecule has 1 aliphatic rings. The third-order valence-corrected chi connectivity index (χ3v) is 6.70. The summed E-state index contributed by atoms with van der Waals surface area (Å²) in [6, 6.07) is 17.7. The van der Waals surface area contributed by atoms with Gasteiger partial charge in [-0.2, -0.15) is 0 Å². The number of benzene rings is 2. The van der Waals surface area contributed by atoms with E-state index >= 15 is 0 Å². The van der Waals surface area contributed by atoms with E-state index in [4.69, 9.17) is 4.74 Å². The first-order valence-electron chi connectivity index (χ1n) is 12.0. The van der Waals surface area contributed by atoms with E-state index in [-0.39, 0.29) is 34.6 Å². The molecule has 0 spiro atoms. The smallest absolute Gasteiger partial charge is 0.335 e. The molecule has 2 amide bonds. The number of methoxy groups -OCH3 is 1. The number of rotatable bonds is 8. The first-order chi connectivity index (χ1) is 17.7. The van der Waals surface area contributed by atoms with Gasteiger partial charge in [0, 0.05) is 31.9 Å². The fourth-order valence-electron chi connectivity index (χ4n) is 4.66. The first-order valence-corrected chi connectivity index (χ1v) is 12.0. The van der Waals surface area contributed by atoms with Gasteiger partial charge in [0.1, 0.15) is 5.41 Å². The van der Waals surface area contributed by atoms with Crippen molar-refractivity contribution in [2.75, 3.05) is 37.5 Å². The van der Waals surface area contributed by atoms with Crippen molar-refractivity contribution in [2.45, 2.75) is 25.2 Å². The number of nitrogens with zero attached hydrogens (tertiary/aromatic N) is 2. The van der Waals surface area contributed by atoms with Crippen molar-refractivity contribution in [1.29, 1.82) is 0 Å². The maximum absolute atomic E-state index is 14.0. The number of hydrogen-bond acceptors (Lipinski definition) is 6. The lowest BCUT2D eigenvalue weighted by molar-refractivity contribution is -0.122. The molecule has 3 aromatic rings. The molecule has 37 heavy (non-hydrogen) atoms. The number of pyridine rings is 1. The van der Waals surface area contributed by atoms with E-state index in [0.29, 0.717) is 13.1 Å². The molecule has 9 heteroatoms. The van der Waals surface area contributed by atoms with Gasteiger partial charge in [0.15, 0.2) is 5.69 Å². The Labute approximate surface area is 215 Å².